The molecule has 0 aliphatic carbocycles. The molecule has 2 aromatic carbocycles. The molecule has 0 amide bonds. The van der Waals surface area contributed by atoms with Gasteiger partial charge < -0.3 is 10.5 Å². The minimum absolute atomic E-state index is 0.394. The number of methoxy groups -OCH3 is 1. The molecule has 0 aliphatic heterocycles. The summed E-state index contributed by atoms with van der Waals surface area (Å²) >= 11 is 1.80. The molecule has 0 unspecified atom stereocenters. The number of rotatable bonds is 4. The summed E-state index contributed by atoms with van der Waals surface area (Å²) in [5.41, 5.74) is 7.66. The normalized spacial score (nSPS) is 9.70. The first-order chi connectivity index (χ1) is 9.81. The minimum atomic E-state index is 0.394. The molecule has 0 saturated heterocycles. The summed E-state index contributed by atoms with van der Waals surface area (Å²) in [4.78, 5) is 1.23. The van der Waals surface area contributed by atoms with Crippen LogP contribution in [0.2, 0.25) is 0 Å². The third-order valence-electron chi connectivity index (χ3n) is 2.73. The van der Waals surface area contributed by atoms with Crippen LogP contribution in [0.4, 0.5) is 0 Å². The quantitative estimate of drug-likeness (QED) is 0.691. The van der Waals surface area contributed by atoms with Gasteiger partial charge in [-0.25, -0.2) is 0 Å². The number of hydrogen-bond acceptors (Lipinski definition) is 3. The molecule has 0 saturated carbocycles. The highest BCUT2D eigenvalue weighted by atomic mass is 32.2. The van der Waals surface area contributed by atoms with E-state index in [1.54, 1.807) is 18.9 Å². The lowest BCUT2D eigenvalue weighted by molar-refractivity contribution is 0.414. The van der Waals surface area contributed by atoms with Crippen molar-refractivity contribution >= 4 is 11.8 Å². The van der Waals surface area contributed by atoms with Gasteiger partial charge in [-0.3, -0.25) is 0 Å². The molecule has 0 bridgehead atoms. The Labute approximate surface area is 124 Å². The molecule has 2 rings (SSSR count). The minimum Gasteiger partial charge on any atom is -0.497 e. The molecule has 0 radical (unpaired) electrons. The third-order valence-corrected chi connectivity index (χ3v) is 3.81. The Hall–Kier alpha value is -1.89. The van der Waals surface area contributed by atoms with E-state index in [0.717, 1.165) is 17.1 Å². The zero-order chi connectivity index (χ0) is 14.2. The van der Waals surface area contributed by atoms with Crippen molar-refractivity contribution in [3.8, 4) is 17.6 Å². The smallest absolute Gasteiger partial charge is 0.118 e. The van der Waals surface area contributed by atoms with Crippen LogP contribution in [-0.4, -0.2) is 13.7 Å². The van der Waals surface area contributed by atoms with E-state index in [1.807, 2.05) is 24.3 Å². The van der Waals surface area contributed by atoms with Crippen LogP contribution in [0.1, 0.15) is 11.1 Å². The summed E-state index contributed by atoms with van der Waals surface area (Å²) in [5, 5.41) is 0. The summed E-state index contributed by atoms with van der Waals surface area (Å²) in [7, 11) is 1.68. The molecule has 0 aliphatic rings. The van der Waals surface area contributed by atoms with Crippen molar-refractivity contribution in [1.29, 1.82) is 0 Å². The monoisotopic (exact) mass is 283 g/mol. The Kier molecular flexibility index (Phi) is 5.55. The summed E-state index contributed by atoms with van der Waals surface area (Å²) in [6.45, 7) is 0.394. The number of ether oxygens (including phenoxy) is 1. The molecule has 2 N–H and O–H groups in total. The van der Waals surface area contributed by atoms with Crippen LogP contribution < -0.4 is 10.5 Å². The molecular formula is C17H17NOS. The summed E-state index contributed by atoms with van der Waals surface area (Å²) in [5.74, 6) is 7.74. The molecule has 0 fully saturated rings. The molecular weight excluding hydrogens is 266 g/mol. The van der Waals surface area contributed by atoms with E-state index >= 15 is 0 Å². The van der Waals surface area contributed by atoms with Crippen molar-refractivity contribution in [1.82, 2.24) is 0 Å². The molecule has 2 nitrogen and oxygen atoms in total. The first-order valence-corrected chi connectivity index (χ1v) is 7.35. The molecule has 102 valence electrons. The maximum atomic E-state index is 5.38. The Bertz CT molecular complexity index is 611. The second-order valence-electron chi connectivity index (χ2n) is 4.17. The van der Waals surface area contributed by atoms with Crippen LogP contribution in [0.25, 0.3) is 0 Å². The maximum Gasteiger partial charge on any atom is 0.118 e. The zero-order valence-corrected chi connectivity index (χ0v) is 12.2. The molecule has 0 spiro atoms. The lowest BCUT2D eigenvalue weighted by Crippen LogP contribution is -1.93. The van der Waals surface area contributed by atoms with Crippen molar-refractivity contribution in [2.45, 2.75) is 10.6 Å². The first kappa shape index (κ1) is 14.5. The predicted molar refractivity (Wildman–Crippen MR) is 84.9 cm³/mol. The lowest BCUT2D eigenvalue weighted by Gasteiger charge is -2.04. The van der Waals surface area contributed by atoms with Crippen LogP contribution in [-0.2, 0) is 5.75 Å². The first-order valence-electron chi connectivity index (χ1n) is 6.36. The second kappa shape index (κ2) is 7.64. The topological polar surface area (TPSA) is 35.2 Å². The van der Waals surface area contributed by atoms with Crippen molar-refractivity contribution in [2.24, 2.45) is 5.73 Å². The Morgan fingerprint density at radius 3 is 2.65 bits per heavy atom. The number of thioether (sulfide) groups is 1. The van der Waals surface area contributed by atoms with Crippen LogP contribution in [0.15, 0.2) is 53.4 Å². The largest absolute Gasteiger partial charge is 0.497 e. The van der Waals surface area contributed by atoms with Crippen molar-refractivity contribution in [2.75, 3.05) is 13.7 Å². The van der Waals surface area contributed by atoms with E-state index in [2.05, 4.69) is 36.1 Å². The van der Waals surface area contributed by atoms with Gasteiger partial charge in [-0.05, 0) is 42.0 Å². The van der Waals surface area contributed by atoms with Crippen LogP contribution >= 0.6 is 11.8 Å². The van der Waals surface area contributed by atoms with E-state index in [0.29, 0.717) is 6.54 Å². The summed E-state index contributed by atoms with van der Waals surface area (Å²) in [6.07, 6.45) is 0. The van der Waals surface area contributed by atoms with E-state index in [9.17, 15) is 0 Å². The van der Waals surface area contributed by atoms with Gasteiger partial charge in [0.15, 0.2) is 0 Å². The zero-order valence-electron chi connectivity index (χ0n) is 11.4. The van der Waals surface area contributed by atoms with Crippen LogP contribution in [0.5, 0.6) is 5.75 Å². The number of nitrogens with two attached hydrogens (primary N) is 1. The average Bonchev–Trinajstić information content (AvgIpc) is 2.52. The molecule has 0 heterocycles. The van der Waals surface area contributed by atoms with Gasteiger partial charge in [0.05, 0.1) is 13.7 Å². The van der Waals surface area contributed by atoms with Gasteiger partial charge in [0.25, 0.3) is 0 Å². The fourth-order valence-corrected chi connectivity index (χ4v) is 2.57. The van der Waals surface area contributed by atoms with Crippen molar-refractivity contribution in [3.63, 3.8) is 0 Å². The highest BCUT2D eigenvalue weighted by Crippen LogP contribution is 2.25. The van der Waals surface area contributed by atoms with Gasteiger partial charge in [-0.1, -0.05) is 24.0 Å². The Morgan fingerprint density at radius 2 is 1.95 bits per heavy atom. The van der Waals surface area contributed by atoms with E-state index in [4.69, 9.17) is 10.5 Å². The van der Waals surface area contributed by atoms with Gasteiger partial charge in [0.1, 0.15) is 5.75 Å². The fourth-order valence-electron chi connectivity index (χ4n) is 1.73. The van der Waals surface area contributed by atoms with Gasteiger partial charge >= 0.3 is 0 Å². The second-order valence-corrected chi connectivity index (χ2v) is 5.22. The van der Waals surface area contributed by atoms with Gasteiger partial charge in [-0.2, -0.15) is 0 Å². The van der Waals surface area contributed by atoms with Gasteiger partial charge in [0.2, 0.25) is 0 Å². The third kappa shape index (κ3) is 4.34. The average molecular weight is 283 g/mol. The highest BCUT2D eigenvalue weighted by molar-refractivity contribution is 7.98. The molecule has 0 aromatic heterocycles. The van der Waals surface area contributed by atoms with Crippen molar-refractivity contribution < 1.29 is 4.74 Å². The Balaban J connectivity index is 1.99. The molecule has 0 atom stereocenters. The van der Waals surface area contributed by atoms with E-state index in [-0.39, 0.29) is 0 Å². The number of hydrogen-bond donors (Lipinski definition) is 1. The number of benzene rings is 2. The SMILES string of the molecule is COc1ccc(SCc2cccc(C#CCN)c2)cc1. The predicted octanol–water partition coefficient (Wildman–Crippen LogP) is 3.30. The lowest BCUT2D eigenvalue weighted by atomic mass is 10.1. The van der Waals surface area contributed by atoms with E-state index in [1.165, 1.54) is 10.5 Å². The van der Waals surface area contributed by atoms with Crippen LogP contribution in [0, 0.1) is 11.8 Å². The van der Waals surface area contributed by atoms with Crippen LogP contribution in [0.3, 0.4) is 0 Å². The standard InChI is InChI=1S/C17H17NOS/c1-19-16-7-9-17(10-8-16)20-13-15-5-2-4-14(12-15)6-3-11-18/h2,4-5,7-10,12H,11,13,18H2,1H3. The van der Waals surface area contributed by atoms with Gasteiger partial charge in [-0.15, -0.1) is 11.8 Å². The van der Waals surface area contributed by atoms with Crippen molar-refractivity contribution in [3.05, 3.63) is 59.7 Å². The highest BCUT2D eigenvalue weighted by Gasteiger charge is 1.98. The van der Waals surface area contributed by atoms with Gasteiger partial charge in [0, 0.05) is 16.2 Å². The maximum absolute atomic E-state index is 5.38. The molecule has 3 heteroatoms. The fraction of sp³-hybridized carbons (Fsp3) is 0.176. The molecule has 2 aromatic rings. The summed E-state index contributed by atoms with van der Waals surface area (Å²) in [6, 6.07) is 16.4. The Morgan fingerprint density at radius 1 is 1.15 bits per heavy atom. The summed E-state index contributed by atoms with van der Waals surface area (Å²) < 4.78 is 5.15. The van der Waals surface area contributed by atoms with E-state index < -0.39 is 0 Å². The molecule has 20 heavy (non-hydrogen) atoms.